The largest absolute Gasteiger partial charge is 0.314 e. The monoisotopic (exact) mass is 203 g/mol. The van der Waals surface area contributed by atoms with Crippen LogP contribution in [0.1, 0.15) is 36.8 Å². The summed E-state index contributed by atoms with van der Waals surface area (Å²) in [6, 6.07) is 9.66. The van der Waals surface area contributed by atoms with Gasteiger partial charge in [-0.1, -0.05) is 42.7 Å². The maximum atomic E-state index is 3.64. The molecule has 1 fully saturated rings. The van der Waals surface area contributed by atoms with E-state index in [2.05, 4.69) is 36.5 Å². The van der Waals surface area contributed by atoms with Crippen molar-refractivity contribution in [2.75, 3.05) is 6.54 Å². The smallest absolute Gasteiger partial charge is 0.0107 e. The first-order valence-corrected chi connectivity index (χ1v) is 6.13. The number of aryl methyl sites for hydroxylation is 1. The Labute approximate surface area is 92.9 Å². The second-order valence-corrected chi connectivity index (χ2v) is 4.69. The van der Waals surface area contributed by atoms with Crippen molar-refractivity contribution in [2.24, 2.45) is 0 Å². The predicted octanol–water partition coefficient (Wildman–Crippen LogP) is 3.07. The molecule has 1 aromatic carbocycles. The quantitative estimate of drug-likeness (QED) is 0.779. The summed E-state index contributed by atoms with van der Waals surface area (Å²) in [7, 11) is 0. The van der Waals surface area contributed by atoms with Gasteiger partial charge >= 0.3 is 0 Å². The van der Waals surface area contributed by atoms with E-state index in [0.717, 1.165) is 0 Å². The Kier molecular flexibility index (Phi) is 3.79. The summed E-state index contributed by atoms with van der Waals surface area (Å²) in [5.74, 6) is 0. The van der Waals surface area contributed by atoms with E-state index < -0.39 is 0 Å². The molecule has 1 nitrogen and oxygen atoms in total. The fraction of sp³-hybridized carbons (Fsp3) is 0.571. The van der Waals surface area contributed by atoms with Crippen LogP contribution in [0.15, 0.2) is 24.3 Å². The third kappa shape index (κ3) is 3.35. The SMILES string of the molecule is Cc1ccc(CC2CCCCCN2)cc1. The van der Waals surface area contributed by atoms with E-state index in [9.17, 15) is 0 Å². The van der Waals surface area contributed by atoms with Crippen molar-refractivity contribution in [2.45, 2.75) is 45.1 Å². The van der Waals surface area contributed by atoms with Crippen molar-refractivity contribution in [3.8, 4) is 0 Å². The highest BCUT2D eigenvalue weighted by Crippen LogP contribution is 2.13. The van der Waals surface area contributed by atoms with Gasteiger partial charge in [-0.25, -0.2) is 0 Å². The summed E-state index contributed by atoms with van der Waals surface area (Å²) < 4.78 is 0. The van der Waals surface area contributed by atoms with Crippen LogP contribution in [0.5, 0.6) is 0 Å². The second kappa shape index (κ2) is 5.32. The minimum Gasteiger partial charge on any atom is -0.314 e. The summed E-state index contributed by atoms with van der Waals surface area (Å²) in [5, 5.41) is 3.64. The van der Waals surface area contributed by atoms with Gasteiger partial charge in [0.25, 0.3) is 0 Å². The van der Waals surface area contributed by atoms with E-state index in [1.807, 2.05) is 0 Å². The zero-order valence-corrected chi connectivity index (χ0v) is 9.63. The van der Waals surface area contributed by atoms with Crippen molar-refractivity contribution in [3.05, 3.63) is 35.4 Å². The lowest BCUT2D eigenvalue weighted by Crippen LogP contribution is -2.30. The van der Waals surface area contributed by atoms with E-state index >= 15 is 0 Å². The van der Waals surface area contributed by atoms with E-state index in [-0.39, 0.29) is 0 Å². The first-order chi connectivity index (χ1) is 7.34. The molecule has 1 unspecified atom stereocenters. The molecule has 82 valence electrons. The van der Waals surface area contributed by atoms with Crippen LogP contribution in [-0.2, 0) is 6.42 Å². The summed E-state index contributed by atoms with van der Waals surface area (Å²) >= 11 is 0. The number of nitrogens with one attached hydrogen (secondary N) is 1. The lowest BCUT2D eigenvalue weighted by atomic mass is 10.0. The van der Waals surface area contributed by atoms with E-state index in [4.69, 9.17) is 0 Å². The summed E-state index contributed by atoms with van der Waals surface area (Å²) in [6.07, 6.45) is 6.68. The first kappa shape index (κ1) is 10.7. The molecule has 0 amide bonds. The molecule has 1 atom stereocenters. The molecular weight excluding hydrogens is 182 g/mol. The molecule has 1 aliphatic rings. The van der Waals surface area contributed by atoms with Crippen LogP contribution in [-0.4, -0.2) is 12.6 Å². The zero-order valence-electron chi connectivity index (χ0n) is 9.63. The molecule has 0 radical (unpaired) electrons. The molecule has 0 bridgehead atoms. The van der Waals surface area contributed by atoms with Gasteiger partial charge in [0.15, 0.2) is 0 Å². The standard InChI is InChI=1S/C14H21N/c1-12-6-8-13(9-7-12)11-14-5-3-2-4-10-15-14/h6-9,14-15H,2-5,10-11H2,1H3. The Bertz CT molecular complexity index is 281. The van der Waals surface area contributed by atoms with Crippen LogP contribution in [0, 0.1) is 6.92 Å². The Balaban J connectivity index is 1.92. The zero-order chi connectivity index (χ0) is 10.5. The molecule has 0 spiro atoms. The van der Waals surface area contributed by atoms with E-state index in [0.29, 0.717) is 6.04 Å². The lowest BCUT2D eigenvalue weighted by molar-refractivity contribution is 0.507. The molecular formula is C14H21N. The number of rotatable bonds is 2. The molecule has 1 saturated heterocycles. The highest BCUT2D eigenvalue weighted by Gasteiger charge is 2.11. The fourth-order valence-electron chi connectivity index (χ4n) is 2.28. The Hall–Kier alpha value is -0.820. The number of hydrogen-bond acceptors (Lipinski definition) is 1. The van der Waals surface area contributed by atoms with E-state index in [1.165, 1.54) is 49.8 Å². The number of benzene rings is 1. The highest BCUT2D eigenvalue weighted by atomic mass is 14.9. The van der Waals surface area contributed by atoms with E-state index in [1.54, 1.807) is 0 Å². The average Bonchev–Trinajstić information content (AvgIpc) is 2.50. The highest BCUT2D eigenvalue weighted by molar-refractivity contribution is 5.22. The third-order valence-corrected chi connectivity index (χ3v) is 3.27. The fourth-order valence-corrected chi connectivity index (χ4v) is 2.28. The molecule has 0 saturated carbocycles. The van der Waals surface area contributed by atoms with Crippen LogP contribution in [0.2, 0.25) is 0 Å². The maximum Gasteiger partial charge on any atom is 0.0107 e. The Morgan fingerprint density at radius 1 is 1.13 bits per heavy atom. The molecule has 1 heterocycles. The third-order valence-electron chi connectivity index (χ3n) is 3.27. The van der Waals surface area contributed by atoms with Crippen molar-refractivity contribution in [3.63, 3.8) is 0 Å². The lowest BCUT2D eigenvalue weighted by Gasteiger charge is -2.15. The molecule has 2 rings (SSSR count). The van der Waals surface area contributed by atoms with Crippen molar-refractivity contribution < 1.29 is 0 Å². The van der Waals surface area contributed by atoms with Crippen molar-refractivity contribution in [1.29, 1.82) is 0 Å². The van der Waals surface area contributed by atoms with Gasteiger partial charge in [0, 0.05) is 6.04 Å². The van der Waals surface area contributed by atoms with Gasteiger partial charge in [-0.2, -0.15) is 0 Å². The molecule has 1 heteroatoms. The molecule has 15 heavy (non-hydrogen) atoms. The average molecular weight is 203 g/mol. The minimum absolute atomic E-state index is 0.704. The summed E-state index contributed by atoms with van der Waals surface area (Å²) in [6.45, 7) is 3.35. The maximum absolute atomic E-state index is 3.64. The van der Waals surface area contributed by atoms with Gasteiger partial charge in [-0.15, -0.1) is 0 Å². The van der Waals surface area contributed by atoms with Crippen LogP contribution < -0.4 is 5.32 Å². The van der Waals surface area contributed by atoms with Gasteiger partial charge in [0.1, 0.15) is 0 Å². The molecule has 1 aromatic rings. The normalized spacial score (nSPS) is 22.3. The molecule has 0 aromatic heterocycles. The first-order valence-electron chi connectivity index (χ1n) is 6.13. The summed E-state index contributed by atoms with van der Waals surface area (Å²) in [5.41, 5.74) is 2.83. The van der Waals surface area contributed by atoms with Gasteiger partial charge in [-0.3, -0.25) is 0 Å². The van der Waals surface area contributed by atoms with Crippen LogP contribution >= 0.6 is 0 Å². The van der Waals surface area contributed by atoms with Gasteiger partial charge < -0.3 is 5.32 Å². The molecule has 1 aliphatic heterocycles. The van der Waals surface area contributed by atoms with Crippen LogP contribution in [0.3, 0.4) is 0 Å². The topological polar surface area (TPSA) is 12.0 Å². The minimum atomic E-state index is 0.704. The predicted molar refractivity (Wildman–Crippen MR) is 65.1 cm³/mol. The van der Waals surface area contributed by atoms with Crippen LogP contribution in [0.4, 0.5) is 0 Å². The van der Waals surface area contributed by atoms with Gasteiger partial charge in [0.2, 0.25) is 0 Å². The summed E-state index contributed by atoms with van der Waals surface area (Å²) in [4.78, 5) is 0. The molecule has 1 N–H and O–H groups in total. The van der Waals surface area contributed by atoms with Crippen molar-refractivity contribution >= 4 is 0 Å². The van der Waals surface area contributed by atoms with Gasteiger partial charge in [0.05, 0.1) is 0 Å². The molecule has 0 aliphatic carbocycles. The Morgan fingerprint density at radius 3 is 2.73 bits per heavy atom. The van der Waals surface area contributed by atoms with Crippen molar-refractivity contribution in [1.82, 2.24) is 5.32 Å². The number of hydrogen-bond donors (Lipinski definition) is 1. The van der Waals surface area contributed by atoms with Crippen LogP contribution in [0.25, 0.3) is 0 Å². The van der Waals surface area contributed by atoms with Gasteiger partial charge in [-0.05, 0) is 38.3 Å². The Morgan fingerprint density at radius 2 is 1.93 bits per heavy atom. The second-order valence-electron chi connectivity index (χ2n) is 4.69.